The fourth-order valence-electron chi connectivity index (χ4n) is 1.28. The van der Waals surface area contributed by atoms with Crippen LogP contribution in [0.5, 0.6) is 0 Å². The van der Waals surface area contributed by atoms with E-state index in [-0.39, 0.29) is 11.5 Å². The first kappa shape index (κ1) is 13.9. The summed E-state index contributed by atoms with van der Waals surface area (Å²) < 4.78 is 28.4. The summed E-state index contributed by atoms with van der Waals surface area (Å²) >= 11 is 0. The van der Waals surface area contributed by atoms with Gasteiger partial charge in [0.2, 0.25) is 0 Å². The highest BCUT2D eigenvalue weighted by atomic mass is 32.2. The third-order valence-corrected chi connectivity index (χ3v) is 3.56. The zero-order valence-corrected chi connectivity index (χ0v) is 11.0. The van der Waals surface area contributed by atoms with Crippen LogP contribution in [0.15, 0.2) is 41.3 Å². The van der Waals surface area contributed by atoms with E-state index in [2.05, 4.69) is 0 Å². The Balaban J connectivity index is 2.57. The molecule has 3 nitrogen and oxygen atoms in total. The molecular weight excluding hydrogens is 236 g/mol. The summed E-state index contributed by atoms with van der Waals surface area (Å²) in [6.07, 6.45) is 5.47. The van der Waals surface area contributed by atoms with Gasteiger partial charge in [-0.2, -0.15) is 8.42 Å². The van der Waals surface area contributed by atoms with E-state index in [1.165, 1.54) is 0 Å². The molecular formula is C13H18O3S. The van der Waals surface area contributed by atoms with Gasteiger partial charge in [-0.05, 0) is 31.9 Å². The van der Waals surface area contributed by atoms with E-state index in [1.807, 2.05) is 26.0 Å². The minimum Gasteiger partial charge on any atom is -0.266 e. The number of hydrogen-bond acceptors (Lipinski definition) is 3. The standard InChI is InChI=1S/C13H18O3S/c1-3-4-5-6-11-16-17(14,15)13-9-7-12(2)8-10-13/h4-5,7-10H,3,6,11H2,1-2H3/b5-4-. The van der Waals surface area contributed by atoms with E-state index in [9.17, 15) is 8.42 Å². The molecule has 1 aromatic rings. The first-order chi connectivity index (χ1) is 8.06. The first-order valence-electron chi connectivity index (χ1n) is 5.67. The molecule has 94 valence electrons. The van der Waals surface area contributed by atoms with Crippen molar-refractivity contribution >= 4 is 10.1 Å². The normalized spacial score (nSPS) is 12.1. The molecule has 0 heterocycles. The lowest BCUT2D eigenvalue weighted by molar-refractivity contribution is 0.324. The van der Waals surface area contributed by atoms with Gasteiger partial charge in [-0.25, -0.2) is 0 Å². The van der Waals surface area contributed by atoms with Crippen LogP contribution in [0.2, 0.25) is 0 Å². The van der Waals surface area contributed by atoms with Crippen molar-refractivity contribution in [2.24, 2.45) is 0 Å². The zero-order chi connectivity index (χ0) is 12.7. The third-order valence-electron chi connectivity index (χ3n) is 2.24. The molecule has 0 fully saturated rings. The average molecular weight is 254 g/mol. The summed E-state index contributed by atoms with van der Waals surface area (Å²) in [6.45, 7) is 4.12. The number of hydrogen-bond donors (Lipinski definition) is 0. The van der Waals surface area contributed by atoms with Crippen LogP contribution in [0.4, 0.5) is 0 Å². The molecule has 1 rings (SSSR count). The second kappa shape index (κ2) is 6.57. The quantitative estimate of drug-likeness (QED) is 0.445. The summed E-state index contributed by atoms with van der Waals surface area (Å²) in [5.74, 6) is 0. The van der Waals surface area contributed by atoms with Crippen molar-refractivity contribution < 1.29 is 12.6 Å². The monoisotopic (exact) mass is 254 g/mol. The average Bonchev–Trinajstić information content (AvgIpc) is 2.29. The molecule has 0 unspecified atom stereocenters. The van der Waals surface area contributed by atoms with Crippen LogP contribution in [0.3, 0.4) is 0 Å². The number of allylic oxidation sites excluding steroid dienone is 1. The SMILES string of the molecule is CC/C=C\CCOS(=O)(=O)c1ccc(C)cc1. The molecule has 0 spiro atoms. The second-order valence-corrected chi connectivity index (χ2v) is 5.37. The van der Waals surface area contributed by atoms with E-state index in [0.717, 1.165) is 12.0 Å². The van der Waals surface area contributed by atoms with E-state index in [4.69, 9.17) is 4.18 Å². The first-order valence-corrected chi connectivity index (χ1v) is 7.08. The van der Waals surface area contributed by atoms with Gasteiger partial charge < -0.3 is 0 Å². The maximum Gasteiger partial charge on any atom is 0.296 e. The van der Waals surface area contributed by atoms with Crippen molar-refractivity contribution in [2.75, 3.05) is 6.61 Å². The molecule has 0 aliphatic carbocycles. The van der Waals surface area contributed by atoms with Gasteiger partial charge >= 0.3 is 0 Å². The zero-order valence-electron chi connectivity index (χ0n) is 10.2. The Kier molecular flexibility index (Phi) is 5.38. The van der Waals surface area contributed by atoms with E-state index in [1.54, 1.807) is 24.3 Å². The Morgan fingerprint density at radius 3 is 2.41 bits per heavy atom. The summed E-state index contributed by atoms with van der Waals surface area (Å²) in [6, 6.07) is 6.64. The van der Waals surface area contributed by atoms with Crippen LogP contribution in [-0.4, -0.2) is 15.0 Å². The Bertz CT molecular complexity index is 458. The summed E-state index contributed by atoms with van der Waals surface area (Å²) in [4.78, 5) is 0.211. The van der Waals surface area contributed by atoms with Crippen molar-refractivity contribution in [3.63, 3.8) is 0 Å². The minimum atomic E-state index is -3.60. The van der Waals surface area contributed by atoms with Crippen molar-refractivity contribution in [1.29, 1.82) is 0 Å². The Hall–Kier alpha value is -1.13. The summed E-state index contributed by atoms with van der Waals surface area (Å²) in [7, 11) is -3.60. The smallest absolute Gasteiger partial charge is 0.266 e. The third kappa shape index (κ3) is 4.71. The molecule has 0 aromatic heterocycles. The number of rotatable bonds is 6. The van der Waals surface area contributed by atoms with Gasteiger partial charge in [0.15, 0.2) is 0 Å². The Labute approximate surface area is 103 Å². The van der Waals surface area contributed by atoms with Crippen LogP contribution in [-0.2, 0) is 14.3 Å². The van der Waals surface area contributed by atoms with Crippen LogP contribution < -0.4 is 0 Å². The van der Waals surface area contributed by atoms with Gasteiger partial charge in [0.1, 0.15) is 0 Å². The lowest BCUT2D eigenvalue weighted by Gasteiger charge is -2.04. The van der Waals surface area contributed by atoms with Crippen LogP contribution in [0, 0.1) is 6.92 Å². The highest BCUT2D eigenvalue weighted by Gasteiger charge is 2.13. The van der Waals surface area contributed by atoms with Crippen LogP contribution in [0.25, 0.3) is 0 Å². The largest absolute Gasteiger partial charge is 0.296 e. The predicted molar refractivity (Wildman–Crippen MR) is 68.4 cm³/mol. The molecule has 0 bridgehead atoms. The molecule has 0 N–H and O–H groups in total. The second-order valence-electron chi connectivity index (χ2n) is 3.76. The van der Waals surface area contributed by atoms with Gasteiger partial charge in [-0.15, -0.1) is 0 Å². The number of aryl methyl sites for hydroxylation is 1. The Morgan fingerprint density at radius 2 is 1.82 bits per heavy atom. The molecule has 0 saturated carbocycles. The van der Waals surface area contributed by atoms with Crippen molar-refractivity contribution in [3.8, 4) is 0 Å². The molecule has 4 heteroatoms. The lowest BCUT2D eigenvalue weighted by Crippen LogP contribution is -2.07. The molecule has 0 radical (unpaired) electrons. The summed E-state index contributed by atoms with van der Waals surface area (Å²) in [5, 5.41) is 0. The minimum absolute atomic E-state index is 0.187. The van der Waals surface area contributed by atoms with E-state index < -0.39 is 10.1 Å². The molecule has 0 amide bonds. The van der Waals surface area contributed by atoms with Crippen LogP contribution >= 0.6 is 0 Å². The number of benzene rings is 1. The topological polar surface area (TPSA) is 43.4 Å². The van der Waals surface area contributed by atoms with Gasteiger partial charge in [-0.3, -0.25) is 4.18 Å². The fourth-order valence-corrected chi connectivity index (χ4v) is 2.20. The highest BCUT2D eigenvalue weighted by molar-refractivity contribution is 7.86. The molecule has 0 aliphatic rings. The van der Waals surface area contributed by atoms with Gasteiger partial charge in [0, 0.05) is 0 Å². The molecule has 0 aliphatic heterocycles. The van der Waals surface area contributed by atoms with E-state index >= 15 is 0 Å². The maximum atomic E-state index is 11.7. The molecule has 0 saturated heterocycles. The Morgan fingerprint density at radius 1 is 1.18 bits per heavy atom. The van der Waals surface area contributed by atoms with Crippen LogP contribution in [0.1, 0.15) is 25.3 Å². The van der Waals surface area contributed by atoms with Crippen molar-refractivity contribution in [1.82, 2.24) is 0 Å². The van der Waals surface area contributed by atoms with Crippen molar-refractivity contribution in [3.05, 3.63) is 42.0 Å². The molecule has 1 aromatic carbocycles. The fraction of sp³-hybridized carbons (Fsp3) is 0.385. The highest BCUT2D eigenvalue weighted by Crippen LogP contribution is 2.13. The summed E-state index contributed by atoms with van der Waals surface area (Å²) in [5.41, 5.74) is 1.02. The predicted octanol–water partition coefficient (Wildman–Crippen LogP) is 3.06. The van der Waals surface area contributed by atoms with Gasteiger partial charge in [0.25, 0.3) is 10.1 Å². The molecule has 0 atom stereocenters. The molecule has 17 heavy (non-hydrogen) atoms. The van der Waals surface area contributed by atoms with Crippen molar-refractivity contribution in [2.45, 2.75) is 31.6 Å². The maximum absolute atomic E-state index is 11.7. The lowest BCUT2D eigenvalue weighted by atomic mass is 10.2. The van der Waals surface area contributed by atoms with Gasteiger partial charge in [-0.1, -0.05) is 36.8 Å². The van der Waals surface area contributed by atoms with Gasteiger partial charge in [0.05, 0.1) is 11.5 Å². The van der Waals surface area contributed by atoms with E-state index in [0.29, 0.717) is 6.42 Å².